The average molecular weight is 279 g/mol. The first kappa shape index (κ1) is 16.5. The van der Waals surface area contributed by atoms with Crippen molar-refractivity contribution in [3.8, 4) is 5.75 Å². The van der Waals surface area contributed by atoms with Crippen LogP contribution in [0.4, 0.5) is 0 Å². The number of ether oxygens (including phenoxy) is 1. The standard InChI is InChI=1S/C16H25NO3/c1-4-7-15(18)13-8-5-9-14(12-13)20-11-6-10-16(19)17(2)3/h5,8-9,12,15,18H,4,6-7,10-11H2,1-3H3. The Bertz CT molecular complexity index is 418. The number of carbonyl (C=O) groups is 1. The third-order valence-corrected chi connectivity index (χ3v) is 3.11. The van der Waals surface area contributed by atoms with Crippen LogP contribution in [0.2, 0.25) is 0 Å². The monoisotopic (exact) mass is 279 g/mol. The average Bonchev–Trinajstić information content (AvgIpc) is 2.43. The molecule has 0 heterocycles. The summed E-state index contributed by atoms with van der Waals surface area (Å²) in [5, 5.41) is 9.94. The molecule has 0 aromatic heterocycles. The van der Waals surface area contributed by atoms with E-state index in [4.69, 9.17) is 4.74 Å². The minimum absolute atomic E-state index is 0.112. The zero-order chi connectivity index (χ0) is 15.0. The fourth-order valence-corrected chi connectivity index (χ4v) is 1.89. The Kier molecular flexibility index (Phi) is 7.09. The van der Waals surface area contributed by atoms with Gasteiger partial charge < -0.3 is 14.7 Å². The Morgan fingerprint density at radius 1 is 1.40 bits per heavy atom. The van der Waals surface area contributed by atoms with E-state index in [1.54, 1.807) is 19.0 Å². The normalized spacial score (nSPS) is 12.0. The third kappa shape index (κ3) is 5.61. The number of aliphatic hydroxyl groups excluding tert-OH is 1. The van der Waals surface area contributed by atoms with Crippen LogP contribution in [0.1, 0.15) is 44.3 Å². The fourth-order valence-electron chi connectivity index (χ4n) is 1.89. The van der Waals surface area contributed by atoms with E-state index in [0.717, 1.165) is 24.2 Å². The molecule has 0 aliphatic rings. The maximum Gasteiger partial charge on any atom is 0.222 e. The summed E-state index contributed by atoms with van der Waals surface area (Å²) < 4.78 is 5.62. The van der Waals surface area contributed by atoms with Crippen LogP contribution in [0.3, 0.4) is 0 Å². The molecule has 1 aromatic carbocycles. The predicted octanol–water partition coefficient (Wildman–Crippen LogP) is 2.77. The highest BCUT2D eigenvalue weighted by Crippen LogP contribution is 2.22. The van der Waals surface area contributed by atoms with E-state index < -0.39 is 6.10 Å². The molecule has 0 saturated carbocycles. The second kappa shape index (κ2) is 8.59. The first-order valence-electron chi connectivity index (χ1n) is 7.15. The highest BCUT2D eigenvalue weighted by Gasteiger charge is 2.07. The SMILES string of the molecule is CCCC(O)c1cccc(OCCCC(=O)N(C)C)c1. The molecule has 112 valence electrons. The summed E-state index contributed by atoms with van der Waals surface area (Å²) in [7, 11) is 3.50. The summed E-state index contributed by atoms with van der Waals surface area (Å²) >= 11 is 0. The molecule has 20 heavy (non-hydrogen) atoms. The summed E-state index contributed by atoms with van der Waals surface area (Å²) in [4.78, 5) is 13.0. The van der Waals surface area contributed by atoms with Gasteiger partial charge in [-0.05, 0) is 30.5 Å². The smallest absolute Gasteiger partial charge is 0.222 e. The zero-order valence-electron chi connectivity index (χ0n) is 12.6. The number of amides is 1. The van der Waals surface area contributed by atoms with Crippen LogP contribution in [0.25, 0.3) is 0 Å². The van der Waals surface area contributed by atoms with Crippen molar-refractivity contribution >= 4 is 5.91 Å². The topological polar surface area (TPSA) is 49.8 Å². The van der Waals surface area contributed by atoms with Crippen molar-refractivity contribution in [2.24, 2.45) is 0 Å². The molecule has 1 rings (SSSR count). The van der Waals surface area contributed by atoms with Crippen molar-refractivity contribution in [2.45, 2.75) is 38.7 Å². The lowest BCUT2D eigenvalue weighted by molar-refractivity contribution is -0.128. The van der Waals surface area contributed by atoms with Gasteiger partial charge in [0.05, 0.1) is 12.7 Å². The summed E-state index contributed by atoms with van der Waals surface area (Å²) in [5.41, 5.74) is 0.883. The number of aliphatic hydroxyl groups is 1. The first-order valence-corrected chi connectivity index (χ1v) is 7.15. The molecule has 4 heteroatoms. The molecular formula is C16H25NO3. The molecule has 0 aliphatic heterocycles. The van der Waals surface area contributed by atoms with Crippen LogP contribution >= 0.6 is 0 Å². The van der Waals surface area contributed by atoms with Crippen LogP contribution in [0, 0.1) is 0 Å². The quantitative estimate of drug-likeness (QED) is 0.744. The van der Waals surface area contributed by atoms with Crippen molar-refractivity contribution in [3.63, 3.8) is 0 Å². The molecule has 0 radical (unpaired) electrons. The molecule has 0 fully saturated rings. The van der Waals surface area contributed by atoms with Gasteiger partial charge in [0, 0.05) is 20.5 Å². The lowest BCUT2D eigenvalue weighted by Gasteiger charge is -2.13. The number of hydrogen-bond acceptors (Lipinski definition) is 3. The maximum absolute atomic E-state index is 11.4. The molecular weight excluding hydrogens is 254 g/mol. The second-order valence-electron chi connectivity index (χ2n) is 5.12. The van der Waals surface area contributed by atoms with Gasteiger partial charge in [0.25, 0.3) is 0 Å². The van der Waals surface area contributed by atoms with Crippen LogP contribution in [-0.2, 0) is 4.79 Å². The molecule has 1 aromatic rings. The number of carbonyl (C=O) groups excluding carboxylic acids is 1. The van der Waals surface area contributed by atoms with E-state index >= 15 is 0 Å². The van der Waals surface area contributed by atoms with Gasteiger partial charge >= 0.3 is 0 Å². The zero-order valence-corrected chi connectivity index (χ0v) is 12.6. The Morgan fingerprint density at radius 2 is 2.15 bits per heavy atom. The van der Waals surface area contributed by atoms with Gasteiger partial charge in [-0.25, -0.2) is 0 Å². The van der Waals surface area contributed by atoms with Crippen molar-refractivity contribution < 1.29 is 14.6 Å². The summed E-state index contributed by atoms with van der Waals surface area (Å²) in [6.07, 6.45) is 2.45. The van der Waals surface area contributed by atoms with Gasteiger partial charge in [-0.15, -0.1) is 0 Å². The van der Waals surface area contributed by atoms with Crippen LogP contribution in [0.15, 0.2) is 24.3 Å². The Morgan fingerprint density at radius 3 is 2.80 bits per heavy atom. The van der Waals surface area contributed by atoms with Gasteiger partial charge in [0.15, 0.2) is 0 Å². The minimum Gasteiger partial charge on any atom is -0.494 e. The third-order valence-electron chi connectivity index (χ3n) is 3.11. The van der Waals surface area contributed by atoms with Gasteiger partial charge in [0.2, 0.25) is 5.91 Å². The summed E-state index contributed by atoms with van der Waals surface area (Å²) in [6.45, 7) is 2.55. The molecule has 0 bridgehead atoms. The number of benzene rings is 1. The van der Waals surface area contributed by atoms with E-state index in [-0.39, 0.29) is 5.91 Å². The highest BCUT2D eigenvalue weighted by molar-refractivity contribution is 5.75. The van der Waals surface area contributed by atoms with E-state index in [1.165, 1.54) is 0 Å². The first-order chi connectivity index (χ1) is 9.54. The molecule has 0 aliphatic carbocycles. The molecule has 1 atom stereocenters. The van der Waals surface area contributed by atoms with Gasteiger partial charge in [-0.3, -0.25) is 4.79 Å². The maximum atomic E-state index is 11.4. The summed E-state index contributed by atoms with van der Waals surface area (Å²) in [5.74, 6) is 0.857. The minimum atomic E-state index is -0.432. The van der Waals surface area contributed by atoms with E-state index in [2.05, 4.69) is 0 Å². The number of rotatable bonds is 8. The number of nitrogens with zero attached hydrogens (tertiary/aromatic N) is 1. The Balaban J connectivity index is 2.41. The highest BCUT2D eigenvalue weighted by atomic mass is 16.5. The van der Waals surface area contributed by atoms with Crippen molar-refractivity contribution in [2.75, 3.05) is 20.7 Å². The van der Waals surface area contributed by atoms with Crippen LogP contribution in [0.5, 0.6) is 5.75 Å². The van der Waals surface area contributed by atoms with Crippen molar-refractivity contribution in [1.29, 1.82) is 0 Å². The van der Waals surface area contributed by atoms with E-state index in [9.17, 15) is 9.90 Å². The molecule has 4 nitrogen and oxygen atoms in total. The molecule has 1 unspecified atom stereocenters. The summed E-state index contributed by atoms with van der Waals surface area (Å²) in [6, 6.07) is 7.53. The second-order valence-corrected chi connectivity index (χ2v) is 5.12. The predicted molar refractivity (Wildman–Crippen MR) is 79.7 cm³/mol. The lowest BCUT2D eigenvalue weighted by Crippen LogP contribution is -2.21. The molecule has 1 N–H and O–H groups in total. The molecule has 1 amide bonds. The number of hydrogen-bond donors (Lipinski definition) is 1. The van der Waals surface area contributed by atoms with E-state index in [1.807, 2.05) is 31.2 Å². The molecule has 0 saturated heterocycles. The lowest BCUT2D eigenvalue weighted by atomic mass is 10.1. The van der Waals surface area contributed by atoms with Crippen molar-refractivity contribution in [1.82, 2.24) is 4.90 Å². The Labute approximate surface area is 121 Å². The van der Waals surface area contributed by atoms with E-state index in [0.29, 0.717) is 19.4 Å². The Hall–Kier alpha value is -1.55. The van der Waals surface area contributed by atoms with Crippen LogP contribution in [-0.4, -0.2) is 36.6 Å². The van der Waals surface area contributed by atoms with Gasteiger partial charge in [-0.2, -0.15) is 0 Å². The van der Waals surface area contributed by atoms with Crippen LogP contribution < -0.4 is 4.74 Å². The van der Waals surface area contributed by atoms with Crippen molar-refractivity contribution in [3.05, 3.63) is 29.8 Å². The van der Waals surface area contributed by atoms with Gasteiger partial charge in [0.1, 0.15) is 5.75 Å². The fraction of sp³-hybridized carbons (Fsp3) is 0.562. The molecule has 0 spiro atoms. The van der Waals surface area contributed by atoms with Gasteiger partial charge in [-0.1, -0.05) is 25.5 Å². The largest absolute Gasteiger partial charge is 0.494 e.